The molecule has 2 heterocycles. The van der Waals surface area contributed by atoms with Gasteiger partial charge in [0.25, 0.3) is 0 Å². The van der Waals surface area contributed by atoms with Crippen molar-refractivity contribution in [2.24, 2.45) is 5.41 Å². The molecule has 29 heavy (non-hydrogen) atoms. The number of fused-ring (bicyclic) bond motifs is 1. The first-order chi connectivity index (χ1) is 14.1. The van der Waals surface area contributed by atoms with E-state index < -0.39 is 0 Å². The molecule has 0 bridgehead atoms. The van der Waals surface area contributed by atoms with Crippen molar-refractivity contribution < 1.29 is 18.9 Å². The van der Waals surface area contributed by atoms with Crippen molar-refractivity contribution in [1.29, 1.82) is 0 Å². The summed E-state index contributed by atoms with van der Waals surface area (Å²) in [5.74, 6) is 0.949. The minimum Gasteiger partial charge on any atom is -0.493 e. The van der Waals surface area contributed by atoms with Gasteiger partial charge in [0.15, 0.2) is 0 Å². The summed E-state index contributed by atoms with van der Waals surface area (Å²) >= 11 is 0. The summed E-state index contributed by atoms with van der Waals surface area (Å²) in [5.41, 5.74) is 3.24. The van der Waals surface area contributed by atoms with Gasteiger partial charge in [-0.2, -0.15) is 0 Å². The van der Waals surface area contributed by atoms with Crippen LogP contribution in [0.3, 0.4) is 0 Å². The number of unbranched alkanes of at least 4 members (excludes halogenated alkanes) is 2. The van der Waals surface area contributed by atoms with Crippen molar-refractivity contribution in [3.63, 3.8) is 0 Å². The third-order valence-corrected chi connectivity index (χ3v) is 5.34. The van der Waals surface area contributed by atoms with Crippen LogP contribution in [0.15, 0.2) is 24.3 Å². The molecule has 0 spiro atoms. The van der Waals surface area contributed by atoms with Gasteiger partial charge in [0, 0.05) is 29.6 Å². The van der Waals surface area contributed by atoms with Crippen LogP contribution in [-0.4, -0.2) is 44.6 Å². The Hall–Kier alpha value is -1.69. The maximum atomic E-state index is 6.12. The first-order valence-electron chi connectivity index (χ1n) is 10.9. The van der Waals surface area contributed by atoms with Gasteiger partial charge in [-0.05, 0) is 38.3 Å². The molecule has 3 rings (SSSR count). The van der Waals surface area contributed by atoms with Crippen molar-refractivity contribution in [1.82, 2.24) is 4.98 Å². The number of hydrogen-bond acceptors (Lipinski definition) is 5. The second-order valence-corrected chi connectivity index (χ2v) is 8.35. The van der Waals surface area contributed by atoms with Crippen LogP contribution >= 0.6 is 0 Å². The highest BCUT2D eigenvalue weighted by molar-refractivity contribution is 5.86. The molecule has 0 amide bonds. The van der Waals surface area contributed by atoms with E-state index in [1.54, 1.807) is 0 Å². The molecule has 1 aliphatic rings. The third-order valence-electron chi connectivity index (χ3n) is 5.34. The van der Waals surface area contributed by atoms with Crippen LogP contribution in [0, 0.1) is 12.3 Å². The smallest absolute Gasteiger partial charge is 0.133 e. The van der Waals surface area contributed by atoms with Crippen molar-refractivity contribution in [2.45, 2.75) is 53.1 Å². The minimum absolute atomic E-state index is 0.229. The molecule has 0 radical (unpaired) electrons. The van der Waals surface area contributed by atoms with E-state index in [-0.39, 0.29) is 5.41 Å². The Kier molecular flexibility index (Phi) is 8.28. The van der Waals surface area contributed by atoms with Crippen molar-refractivity contribution >= 4 is 10.9 Å². The molecule has 1 aliphatic heterocycles. The van der Waals surface area contributed by atoms with E-state index >= 15 is 0 Å². The molecule has 1 saturated heterocycles. The van der Waals surface area contributed by atoms with Crippen LogP contribution in [0.2, 0.25) is 0 Å². The zero-order chi connectivity index (χ0) is 20.5. The summed E-state index contributed by atoms with van der Waals surface area (Å²) in [6.07, 6.45) is 4.16. The number of pyridine rings is 1. The minimum atomic E-state index is 0.229. The quantitative estimate of drug-likeness (QED) is 0.439. The first-order valence-corrected chi connectivity index (χ1v) is 10.9. The maximum Gasteiger partial charge on any atom is 0.133 e. The molecule has 1 aromatic carbocycles. The molecule has 0 aliphatic carbocycles. The average Bonchev–Trinajstić information content (AvgIpc) is 2.70. The largest absolute Gasteiger partial charge is 0.493 e. The monoisotopic (exact) mass is 401 g/mol. The van der Waals surface area contributed by atoms with Gasteiger partial charge in [0.2, 0.25) is 0 Å². The second kappa shape index (κ2) is 10.9. The van der Waals surface area contributed by atoms with Gasteiger partial charge < -0.3 is 18.9 Å². The Morgan fingerprint density at radius 2 is 1.79 bits per heavy atom. The molecule has 0 atom stereocenters. The van der Waals surface area contributed by atoms with Gasteiger partial charge in [0.1, 0.15) is 5.75 Å². The predicted molar refractivity (Wildman–Crippen MR) is 116 cm³/mol. The molecule has 0 unspecified atom stereocenters. The highest BCUT2D eigenvalue weighted by Crippen LogP contribution is 2.31. The molecule has 5 heteroatoms. The zero-order valence-electron chi connectivity index (χ0n) is 18.2. The third kappa shape index (κ3) is 6.14. The topological polar surface area (TPSA) is 49.8 Å². The summed E-state index contributed by atoms with van der Waals surface area (Å²) in [5, 5.41) is 1.08. The molecule has 160 valence electrons. The Balaban J connectivity index is 1.46. The first kappa shape index (κ1) is 22.0. The van der Waals surface area contributed by atoms with Gasteiger partial charge in [-0.15, -0.1) is 0 Å². The number of aromatic nitrogens is 1. The lowest BCUT2D eigenvalue weighted by Gasteiger charge is -2.37. The van der Waals surface area contributed by atoms with E-state index in [2.05, 4.69) is 26.8 Å². The summed E-state index contributed by atoms with van der Waals surface area (Å²) in [6.45, 7) is 11.6. The van der Waals surface area contributed by atoms with E-state index in [9.17, 15) is 0 Å². The maximum absolute atomic E-state index is 6.12. The molecule has 1 fully saturated rings. The Morgan fingerprint density at radius 1 is 1.03 bits per heavy atom. The molecular formula is C24H35NO4. The lowest BCUT2D eigenvalue weighted by atomic mass is 9.90. The number of ether oxygens (including phenoxy) is 4. The van der Waals surface area contributed by atoms with Gasteiger partial charge in [0.05, 0.1) is 44.2 Å². The number of para-hydroxylation sites is 1. The van der Waals surface area contributed by atoms with E-state index in [1.807, 2.05) is 18.2 Å². The molecule has 2 aromatic rings. The van der Waals surface area contributed by atoms with Crippen molar-refractivity contribution in [3.8, 4) is 5.75 Å². The van der Waals surface area contributed by atoms with Crippen LogP contribution < -0.4 is 4.74 Å². The standard InChI is InChI=1S/C24H35NO4/c1-4-5-14-29-23-19(2)22(25-21-11-7-6-10-20(21)23)15-26-12-8-9-13-27-16-24(3)17-28-18-24/h6-7,10-11H,4-5,8-9,12-18H2,1-3H3. The summed E-state index contributed by atoms with van der Waals surface area (Å²) in [4.78, 5) is 4.81. The van der Waals surface area contributed by atoms with E-state index in [1.165, 1.54) is 0 Å². The number of benzene rings is 1. The Morgan fingerprint density at radius 3 is 2.52 bits per heavy atom. The summed E-state index contributed by atoms with van der Waals surface area (Å²) in [6, 6.07) is 8.17. The van der Waals surface area contributed by atoms with Crippen molar-refractivity contribution in [2.75, 3.05) is 39.6 Å². The molecule has 0 saturated carbocycles. The van der Waals surface area contributed by atoms with Crippen molar-refractivity contribution in [3.05, 3.63) is 35.5 Å². The SMILES string of the molecule is CCCCOc1c(C)c(COCCCCOCC2(C)COC2)nc2ccccc12. The fourth-order valence-electron chi connectivity index (χ4n) is 3.40. The van der Waals surface area contributed by atoms with Crippen LogP contribution in [0.1, 0.15) is 50.8 Å². The highest BCUT2D eigenvalue weighted by Gasteiger charge is 2.33. The normalized spacial score (nSPS) is 15.4. The lowest BCUT2D eigenvalue weighted by Crippen LogP contribution is -2.43. The molecule has 5 nitrogen and oxygen atoms in total. The predicted octanol–water partition coefficient (Wildman–Crippen LogP) is 5.07. The van der Waals surface area contributed by atoms with Gasteiger partial charge in [-0.1, -0.05) is 32.4 Å². The fourth-order valence-corrected chi connectivity index (χ4v) is 3.40. The average molecular weight is 402 g/mol. The van der Waals surface area contributed by atoms with Gasteiger partial charge in [-0.3, -0.25) is 0 Å². The van der Waals surface area contributed by atoms with E-state index in [4.69, 9.17) is 23.9 Å². The second-order valence-electron chi connectivity index (χ2n) is 8.35. The van der Waals surface area contributed by atoms with Crippen LogP contribution in [0.25, 0.3) is 10.9 Å². The highest BCUT2D eigenvalue weighted by atomic mass is 16.5. The fraction of sp³-hybridized carbons (Fsp3) is 0.625. The Bertz CT molecular complexity index is 773. The Labute approximate surface area is 174 Å². The number of nitrogens with zero attached hydrogens (tertiary/aromatic N) is 1. The molecular weight excluding hydrogens is 366 g/mol. The zero-order valence-corrected chi connectivity index (χ0v) is 18.2. The molecule has 1 aromatic heterocycles. The van der Waals surface area contributed by atoms with Crippen LogP contribution in [0.4, 0.5) is 0 Å². The van der Waals surface area contributed by atoms with Crippen LogP contribution in [-0.2, 0) is 20.8 Å². The summed E-state index contributed by atoms with van der Waals surface area (Å²) < 4.78 is 23.1. The van der Waals surface area contributed by atoms with E-state index in [0.29, 0.717) is 13.2 Å². The summed E-state index contributed by atoms with van der Waals surface area (Å²) in [7, 11) is 0. The van der Waals surface area contributed by atoms with Gasteiger partial charge in [-0.25, -0.2) is 4.98 Å². The number of hydrogen-bond donors (Lipinski definition) is 0. The van der Waals surface area contributed by atoms with E-state index in [0.717, 1.165) is 86.6 Å². The lowest BCUT2D eigenvalue weighted by molar-refractivity contribution is -0.138. The number of rotatable bonds is 13. The van der Waals surface area contributed by atoms with Gasteiger partial charge >= 0.3 is 0 Å². The van der Waals surface area contributed by atoms with Crippen LogP contribution in [0.5, 0.6) is 5.75 Å². The molecule has 0 N–H and O–H groups in total.